The number of aryl methyl sites for hydroxylation is 1. The lowest BCUT2D eigenvalue weighted by atomic mass is 10.1. The summed E-state index contributed by atoms with van der Waals surface area (Å²) in [5.41, 5.74) is 2.36. The second-order valence-electron chi connectivity index (χ2n) is 6.19. The van der Waals surface area contributed by atoms with E-state index >= 15 is 0 Å². The highest BCUT2D eigenvalue weighted by Gasteiger charge is 2.15. The molecule has 0 fully saturated rings. The summed E-state index contributed by atoms with van der Waals surface area (Å²) < 4.78 is 12.0. The largest absolute Gasteiger partial charge is 0.493 e. The number of nitriles is 1. The summed E-state index contributed by atoms with van der Waals surface area (Å²) in [4.78, 5) is 12.5. The van der Waals surface area contributed by atoms with Crippen molar-refractivity contribution in [3.05, 3.63) is 56.7 Å². The van der Waals surface area contributed by atoms with Gasteiger partial charge in [-0.05, 0) is 84.8 Å². The molecule has 2 aromatic rings. The van der Waals surface area contributed by atoms with Gasteiger partial charge in [0.25, 0.3) is 5.91 Å². The molecule has 0 saturated heterocycles. The van der Waals surface area contributed by atoms with Crippen molar-refractivity contribution in [3.8, 4) is 17.6 Å². The Hall–Kier alpha value is -2.53. The molecule has 6 heteroatoms. The van der Waals surface area contributed by atoms with Crippen LogP contribution in [-0.2, 0) is 4.79 Å². The number of nitrogens with one attached hydrogen (secondary N) is 1. The molecule has 5 nitrogen and oxygen atoms in total. The fourth-order valence-electron chi connectivity index (χ4n) is 2.41. The van der Waals surface area contributed by atoms with Gasteiger partial charge in [0, 0.05) is 5.69 Å². The van der Waals surface area contributed by atoms with Crippen molar-refractivity contribution >= 4 is 40.3 Å². The third kappa shape index (κ3) is 5.73. The normalized spacial score (nSPS) is 11.1. The van der Waals surface area contributed by atoms with Gasteiger partial charge in [-0.25, -0.2) is 0 Å². The number of rotatable bonds is 6. The quantitative estimate of drug-likeness (QED) is 0.364. The molecule has 27 heavy (non-hydrogen) atoms. The van der Waals surface area contributed by atoms with E-state index in [1.807, 2.05) is 51.1 Å². The summed E-state index contributed by atoms with van der Waals surface area (Å²) in [6.07, 6.45) is 1.54. The molecule has 140 valence electrons. The fraction of sp³-hybridized carbons (Fsp3) is 0.238. The molecule has 0 saturated carbocycles. The van der Waals surface area contributed by atoms with Gasteiger partial charge in [0.1, 0.15) is 11.6 Å². The van der Waals surface area contributed by atoms with Crippen LogP contribution in [0.25, 0.3) is 6.08 Å². The lowest BCUT2D eigenvalue weighted by Gasteiger charge is -2.16. The van der Waals surface area contributed by atoms with Gasteiger partial charge in [-0.3, -0.25) is 4.79 Å². The first-order chi connectivity index (χ1) is 12.8. The summed E-state index contributed by atoms with van der Waals surface area (Å²) in [6, 6.07) is 13.0. The molecular weight excluding hydrogens is 455 g/mol. The first-order valence-electron chi connectivity index (χ1n) is 8.38. The zero-order valence-corrected chi connectivity index (χ0v) is 17.8. The average molecular weight is 476 g/mol. The van der Waals surface area contributed by atoms with E-state index in [4.69, 9.17) is 9.47 Å². The van der Waals surface area contributed by atoms with Crippen LogP contribution in [0.1, 0.15) is 25.0 Å². The van der Waals surface area contributed by atoms with E-state index in [0.29, 0.717) is 22.7 Å². The van der Waals surface area contributed by atoms with Crippen LogP contribution in [0, 0.1) is 21.8 Å². The van der Waals surface area contributed by atoms with Crippen LogP contribution in [0.2, 0.25) is 0 Å². The predicted octanol–water partition coefficient (Wildman–Crippen LogP) is 4.94. The Kier molecular flexibility index (Phi) is 7.25. The predicted molar refractivity (Wildman–Crippen MR) is 115 cm³/mol. The molecule has 1 amide bonds. The molecule has 2 rings (SSSR count). The van der Waals surface area contributed by atoms with Gasteiger partial charge in [-0.1, -0.05) is 12.1 Å². The van der Waals surface area contributed by atoms with E-state index in [2.05, 4.69) is 27.9 Å². The smallest absolute Gasteiger partial charge is 0.266 e. The van der Waals surface area contributed by atoms with Crippen molar-refractivity contribution in [1.82, 2.24) is 0 Å². The Bertz CT molecular complexity index is 914. The van der Waals surface area contributed by atoms with Gasteiger partial charge in [0.05, 0.1) is 16.8 Å². The van der Waals surface area contributed by atoms with E-state index in [-0.39, 0.29) is 11.7 Å². The highest BCUT2D eigenvalue weighted by atomic mass is 127. The number of carbonyl (C=O) groups is 1. The summed E-state index contributed by atoms with van der Waals surface area (Å²) in [6.45, 7) is 5.81. The number of carbonyl (C=O) groups excluding carboxylic acids is 1. The molecule has 0 aliphatic rings. The monoisotopic (exact) mass is 476 g/mol. The van der Waals surface area contributed by atoms with Gasteiger partial charge in [-0.2, -0.15) is 5.26 Å². The van der Waals surface area contributed by atoms with Crippen molar-refractivity contribution in [2.75, 3.05) is 12.4 Å². The van der Waals surface area contributed by atoms with Crippen LogP contribution < -0.4 is 14.8 Å². The second kappa shape index (κ2) is 9.42. The van der Waals surface area contributed by atoms with Crippen LogP contribution in [0.4, 0.5) is 5.69 Å². The number of benzene rings is 2. The van der Waals surface area contributed by atoms with Crippen molar-refractivity contribution in [1.29, 1.82) is 5.26 Å². The third-order valence-corrected chi connectivity index (χ3v) is 4.36. The minimum Gasteiger partial charge on any atom is -0.493 e. The third-order valence-electron chi connectivity index (χ3n) is 3.56. The van der Waals surface area contributed by atoms with E-state index in [1.54, 1.807) is 19.2 Å². The van der Waals surface area contributed by atoms with Crippen LogP contribution >= 0.6 is 22.6 Å². The number of hydrogen-bond donors (Lipinski definition) is 1. The Morgan fingerprint density at radius 1 is 1.30 bits per heavy atom. The van der Waals surface area contributed by atoms with Gasteiger partial charge >= 0.3 is 0 Å². The van der Waals surface area contributed by atoms with E-state index in [1.165, 1.54) is 6.08 Å². The van der Waals surface area contributed by atoms with Crippen LogP contribution in [0.5, 0.6) is 11.5 Å². The summed E-state index contributed by atoms with van der Waals surface area (Å²) in [7, 11) is 1.56. The molecule has 0 atom stereocenters. The van der Waals surface area contributed by atoms with Gasteiger partial charge in [-0.15, -0.1) is 0 Å². The topological polar surface area (TPSA) is 71.3 Å². The molecule has 0 aromatic heterocycles. The number of halogens is 1. The number of methoxy groups -OCH3 is 1. The molecule has 2 aromatic carbocycles. The zero-order valence-electron chi connectivity index (χ0n) is 15.7. The highest BCUT2D eigenvalue weighted by molar-refractivity contribution is 14.1. The van der Waals surface area contributed by atoms with Crippen LogP contribution in [0.3, 0.4) is 0 Å². The van der Waals surface area contributed by atoms with E-state index < -0.39 is 5.91 Å². The van der Waals surface area contributed by atoms with Crippen molar-refractivity contribution < 1.29 is 14.3 Å². The lowest BCUT2D eigenvalue weighted by Crippen LogP contribution is -2.13. The summed E-state index contributed by atoms with van der Waals surface area (Å²) >= 11 is 2.15. The van der Waals surface area contributed by atoms with E-state index in [9.17, 15) is 10.1 Å². The maximum atomic E-state index is 12.5. The highest BCUT2D eigenvalue weighted by Crippen LogP contribution is 2.35. The number of ether oxygens (including phenoxy) is 2. The molecular formula is C21H21IN2O3. The lowest BCUT2D eigenvalue weighted by molar-refractivity contribution is -0.112. The zero-order chi connectivity index (χ0) is 20.0. The Balaban J connectivity index is 2.32. The minimum absolute atomic E-state index is 0.00332. The first-order valence-corrected chi connectivity index (χ1v) is 9.46. The number of anilines is 1. The molecule has 0 radical (unpaired) electrons. The molecule has 1 N–H and O–H groups in total. The fourth-order valence-corrected chi connectivity index (χ4v) is 3.16. The van der Waals surface area contributed by atoms with Gasteiger partial charge in [0.15, 0.2) is 11.5 Å². The molecule has 0 aliphatic heterocycles. The van der Waals surface area contributed by atoms with Crippen molar-refractivity contribution in [2.24, 2.45) is 0 Å². The maximum absolute atomic E-state index is 12.5. The number of amides is 1. The Morgan fingerprint density at radius 3 is 2.63 bits per heavy atom. The maximum Gasteiger partial charge on any atom is 0.266 e. The van der Waals surface area contributed by atoms with Crippen molar-refractivity contribution in [2.45, 2.75) is 26.9 Å². The SMILES string of the molecule is COc1cc(/C=C(\C#N)C(=O)Nc2cccc(C)c2)cc(I)c1OC(C)C. The minimum atomic E-state index is -0.459. The van der Waals surface area contributed by atoms with Crippen LogP contribution in [-0.4, -0.2) is 19.1 Å². The standard InChI is InChI=1S/C21H21IN2O3/c1-13(2)27-20-18(22)10-15(11-19(20)26-4)9-16(12-23)21(25)24-17-7-5-6-14(3)8-17/h5-11,13H,1-4H3,(H,24,25)/b16-9+. The molecule has 0 aliphatic carbocycles. The number of hydrogen-bond acceptors (Lipinski definition) is 4. The Labute approximate surface area is 173 Å². The second-order valence-corrected chi connectivity index (χ2v) is 7.36. The van der Waals surface area contributed by atoms with Crippen LogP contribution in [0.15, 0.2) is 42.0 Å². The summed E-state index contributed by atoms with van der Waals surface area (Å²) in [5.74, 6) is 0.741. The van der Waals surface area contributed by atoms with E-state index in [0.717, 1.165) is 9.13 Å². The van der Waals surface area contributed by atoms with Crippen molar-refractivity contribution in [3.63, 3.8) is 0 Å². The molecule has 0 spiro atoms. The van der Waals surface area contributed by atoms with Gasteiger partial charge < -0.3 is 14.8 Å². The van der Waals surface area contributed by atoms with Gasteiger partial charge in [0.2, 0.25) is 0 Å². The molecule has 0 bridgehead atoms. The molecule has 0 unspecified atom stereocenters. The average Bonchev–Trinajstić information content (AvgIpc) is 2.61. The number of nitrogens with zero attached hydrogens (tertiary/aromatic N) is 1. The summed E-state index contributed by atoms with van der Waals surface area (Å²) in [5, 5.41) is 12.2. The Morgan fingerprint density at radius 2 is 2.04 bits per heavy atom. The molecule has 0 heterocycles. The first kappa shape index (κ1) is 20.8.